The Labute approximate surface area is 169 Å². The summed E-state index contributed by atoms with van der Waals surface area (Å²) in [7, 11) is 0. The third kappa shape index (κ3) is 6.62. The smallest absolute Gasteiger partial charge is 0.277 e. The number of benzene rings is 2. The lowest BCUT2D eigenvalue weighted by Crippen LogP contribution is -2.24. The van der Waals surface area contributed by atoms with Crippen LogP contribution < -0.4 is 10.1 Å². The zero-order valence-electron chi connectivity index (χ0n) is 14.8. The van der Waals surface area contributed by atoms with E-state index in [-0.39, 0.29) is 5.56 Å². The highest BCUT2D eigenvalue weighted by Crippen LogP contribution is 2.22. The van der Waals surface area contributed by atoms with Crippen molar-refractivity contribution in [1.29, 1.82) is 0 Å². The average molecular weight is 452 g/mol. The van der Waals surface area contributed by atoms with Gasteiger partial charge in [-0.15, -0.1) is 0 Å². The summed E-state index contributed by atoms with van der Waals surface area (Å²) in [5, 5.41) is 24.4. The molecule has 0 aliphatic heterocycles. The third-order valence-electron chi connectivity index (χ3n) is 3.78. The van der Waals surface area contributed by atoms with E-state index >= 15 is 0 Å². The molecule has 28 heavy (non-hydrogen) atoms. The fourth-order valence-electron chi connectivity index (χ4n) is 2.37. The number of nitro benzene ring substituents is 2. The average Bonchev–Trinajstić information content (AvgIpc) is 2.68. The Hall–Kier alpha value is -3.01. The molecule has 0 unspecified atom stereocenters. The number of nitrogens with one attached hydrogen (secondary N) is 1. The van der Waals surface area contributed by atoms with Gasteiger partial charge < -0.3 is 10.1 Å². The van der Waals surface area contributed by atoms with Crippen LogP contribution in [-0.2, 0) is 0 Å². The minimum atomic E-state index is -0.769. The molecule has 2 aromatic rings. The van der Waals surface area contributed by atoms with Crippen molar-refractivity contribution < 1.29 is 19.4 Å². The van der Waals surface area contributed by atoms with Gasteiger partial charge in [-0.2, -0.15) is 0 Å². The second kappa shape index (κ2) is 10.4. The maximum absolute atomic E-state index is 12.1. The molecule has 0 saturated carbocycles. The second-order valence-electron chi connectivity index (χ2n) is 5.87. The standard InChI is InChI=1S/C18H18BrN3O6/c19-14-4-6-17(7-5-14)28-9-3-1-2-8-20-18(23)13-10-15(21(24)25)12-16(11-13)22(26)27/h4-7,10-12H,1-3,8-9H2,(H,20,23). The van der Waals surface area contributed by atoms with Crippen LogP contribution in [0.4, 0.5) is 11.4 Å². The van der Waals surface area contributed by atoms with E-state index in [4.69, 9.17) is 4.74 Å². The summed E-state index contributed by atoms with van der Waals surface area (Å²) in [6.07, 6.45) is 2.30. The van der Waals surface area contributed by atoms with Gasteiger partial charge in [0.1, 0.15) is 5.75 Å². The Kier molecular flexibility index (Phi) is 7.88. The summed E-state index contributed by atoms with van der Waals surface area (Å²) in [5.41, 5.74) is -1.10. The lowest BCUT2D eigenvalue weighted by Gasteiger charge is -2.07. The van der Waals surface area contributed by atoms with E-state index in [1.807, 2.05) is 24.3 Å². The van der Waals surface area contributed by atoms with Crippen molar-refractivity contribution >= 4 is 33.2 Å². The molecule has 2 rings (SSSR count). The molecule has 0 aliphatic carbocycles. The molecule has 1 amide bonds. The van der Waals surface area contributed by atoms with Crippen LogP contribution >= 0.6 is 15.9 Å². The Balaban J connectivity index is 1.74. The number of ether oxygens (including phenoxy) is 1. The van der Waals surface area contributed by atoms with Crippen LogP contribution in [0.1, 0.15) is 29.6 Å². The first-order chi connectivity index (χ1) is 13.4. The van der Waals surface area contributed by atoms with E-state index in [0.717, 1.165) is 41.3 Å². The number of carbonyl (C=O) groups is 1. The quantitative estimate of drug-likeness (QED) is 0.327. The lowest BCUT2D eigenvalue weighted by molar-refractivity contribution is -0.394. The zero-order chi connectivity index (χ0) is 20.5. The van der Waals surface area contributed by atoms with Gasteiger partial charge >= 0.3 is 0 Å². The van der Waals surface area contributed by atoms with Crippen LogP contribution in [0.2, 0.25) is 0 Å². The van der Waals surface area contributed by atoms with Crippen molar-refractivity contribution in [2.75, 3.05) is 13.2 Å². The Morgan fingerprint density at radius 2 is 1.57 bits per heavy atom. The molecule has 2 aromatic carbocycles. The van der Waals surface area contributed by atoms with E-state index in [9.17, 15) is 25.0 Å². The van der Waals surface area contributed by atoms with Gasteiger partial charge in [0.2, 0.25) is 0 Å². The zero-order valence-corrected chi connectivity index (χ0v) is 16.4. The van der Waals surface area contributed by atoms with Gasteiger partial charge in [0.15, 0.2) is 0 Å². The molecule has 0 aromatic heterocycles. The fourth-order valence-corrected chi connectivity index (χ4v) is 2.63. The van der Waals surface area contributed by atoms with E-state index in [0.29, 0.717) is 19.6 Å². The number of unbranched alkanes of at least 4 members (excludes halogenated alkanes) is 2. The van der Waals surface area contributed by atoms with Gasteiger partial charge in [0, 0.05) is 23.2 Å². The molecule has 0 atom stereocenters. The molecule has 0 bridgehead atoms. The predicted octanol–water partition coefficient (Wildman–Crippen LogP) is 4.24. The van der Waals surface area contributed by atoms with Crippen LogP contribution in [-0.4, -0.2) is 28.9 Å². The first kappa shape index (κ1) is 21.3. The molecule has 10 heteroatoms. The van der Waals surface area contributed by atoms with Crippen LogP contribution in [0.15, 0.2) is 46.9 Å². The molecular formula is C18H18BrN3O6. The van der Waals surface area contributed by atoms with Crippen molar-refractivity contribution in [3.05, 3.63) is 72.7 Å². The lowest BCUT2D eigenvalue weighted by atomic mass is 10.1. The van der Waals surface area contributed by atoms with Crippen molar-refractivity contribution in [3.8, 4) is 5.75 Å². The highest BCUT2D eigenvalue weighted by Gasteiger charge is 2.19. The van der Waals surface area contributed by atoms with Gasteiger partial charge in [-0.25, -0.2) is 0 Å². The third-order valence-corrected chi connectivity index (χ3v) is 4.30. The summed E-state index contributed by atoms with van der Waals surface area (Å²) in [4.78, 5) is 32.3. The normalized spacial score (nSPS) is 10.3. The number of carbonyl (C=O) groups excluding carboxylic acids is 1. The summed E-state index contributed by atoms with van der Waals surface area (Å²) in [6.45, 7) is 0.903. The number of amides is 1. The molecule has 9 nitrogen and oxygen atoms in total. The van der Waals surface area contributed by atoms with E-state index in [2.05, 4.69) is 21.2 Å². The van der Waals surface area contributed by atoms with Crippen LogP contribution in [0.5, 0.6) is 5.75 Å². The van der Waals surface area contributed by atoms with Crippen molar-refractivity contribution in [3.63, 3.8) is 0 Å². The molecule has 0 aliphatic rings. The maximum Gasteiger partial charge on any atom is 0.277 e. The molecule has 1 N–H and O–H groups in total. The topological polar surface area (TPSA) is 125 Å². The summed E-state index contributed by atoms with van der Waals surface area (Å²) in [6, 6.07) is 10.4. The van der Waals surface area contributed by atoms with Gasteiger partial charge in [-0.3, -0.25) is 25.0 Å². The number of nitrogens with zero attached hydrogens (tertiary/aromatic N) is 2. The Morgan fingerprint density at radius 1 is 0.964 bits per heavy atom. The SMILES string of the molecule is O=C(NCCCCCOc1ccc(Br)cc1)c1cc([N+](=O)[O-])cc([N+](=O)[O-])c1. The van der Waals surface area contributed by atoms with E-state index in [1.165, 1.54) is 0 Å². The first-order valence-electron chi connectivity index (χ1n) is 8.47. The highest BCUT2D eigenvalue weighted by atomic mass is 79.9. The fraction of sp³-hybridized carbons (Fsp3) is 0.278. The van der Waals surface area contributed by atoms with Crippen molar-refractivity contribution in [1.82, 2.24) is 5.32 Å². The van der Waals surface area contributed by atoms with Gasteiger partial charge in [-0.1, -0.05) is 15.9 Å². The van der Waals surface area contributed by atoms with Gasteiger partial charge in [-0.05, 0) is 43.5 Å². The van der Waals surface area contributed by atoms with Gasteiger partial charge in [0.05, 0.1) is 28.1 Å². The minimum absolute atomic E-state index is 0.112. The Morgan fingerprint density at radius 3 is 2.14 bits per heavy atom. The molecule has 0 spiro atoms. The van der Waals surface area contributed by atoms with Crippen molar-refractivity contribution in [2.45, 2.75) is 19.3 Å². The molecule has 148 valence electrons. The summed E-state index contributed by atoms with van der Waals surface area (Å²) < 4.78 is 6.57. The Bertz CT molecular complexity index is 825. The van der Waals surface area contributed by atoms with Crippen molar-refractivity contribution in [2.24, 2.45) is 0 Å². The summed E-state index contributed by atoms with van der Waals surface area (Å²) >= 11 is 3.35. The number of rotatable bonds is 10. The predicted molar refractivity (Wildman–Crippen MR) is 106 cm³/mol. The summed E-state index contributed by atoms with van der Waals surface area (Å²) in [5.74, 6) is 0.196. The largest absolute Gasteiger partial charge is 0.494 e. The van der Waals surface area contributed by atoms with Crippen LogP contribution in [0.25, 0.3) is 0 Å². The number of nitro groups is 2. The number of non-ortho nitro benzene ring substituents is 2. The minimum Gasteiger partial charge on any atom is -0.494 e. The number of hydrogen-bond acceptors (Lipinski definition) is 6. The molecular weight excluding hydrogens is 434 g/mol. The first-order valence-corrected chi connectivity index (χ1v) is 9.26. The maximum atomic E-state index is 12.1. The van der Waals surface area contributed by atoms with E-state index in [1.54, 1.807) is 0 Å². The highest BCUT2D eigenvalue weighted by molar-refractivity contribution is 9.10. The number of halogens is 1. The van der Waals surface area contributed by atoms with Crippen LogP contribution in [0, 0.1) is 20.2 Å². The van der Waals surface area contributed by atoms with Crippen LogP contribution in [0.3, 0.4) is 0 Å². The molecule has 0 saturated heterocycles. The molecule has 0 radical (unpaired) electrons. The second-order valence-corrected chi connectivity index (χ2v) is 6.79. The van der Waals surface area contributed by atoms with Gasteiger partial charge in [0.25, 0.3) is 17.3 Å². The number of hydrogen-bond donors (Lipinski definition) is 1. The van der Waals surface area contributed by atoms with E-state index < -0.39 is 27.1 Å². The molecule has 0 fully saturated rings. The monoisotopic (exact) mass is 451 g/mol. The molecule has 0 heterocycles.